The highest BCUT2D eigenvalue weighted by molar-refractivity contribution is 6.07. The lowest BCUT2D eigenvalue weighted by Gasteiger charge is -2.24. The summed E-state index contributed by atoms with van der Waals surface area (Å²) in [6.45, 7) is 3.55. The van der Waals surface area contributed by atoms with Crippen LogP contribution in [0.4, 0.5) is 10.1 Å². The molecule has 1 atom stereocenters. The number of halogens is 1. The van der Waals surface area contributed by atoms with Gasteiger partial charge in [0.2, 0.25) is 0 Å². The molecular formula is C24H26FN5O3. The summed E-state index contributed by atoms with van der Waals surface area (Å²) < 4.78 is 16.4. The lowest BCUT2D eigenvalue weighted by atomic mass is 10.1. The van der Waals surface area contributed by atoms with Gasteiger partial charge in [0.15, 0.2) is 0 Å². The van der Waals surface area contributed by atoms with Crippen molar-refractivity contribution in [1.82, 2.24) is 20.1 Å². The van der Waals surface area contributed by atoms with Gasteiger partial charge in [-0.25, -0.2) is 4.39 Å². The standard InChI is InChI=1S/C24H26FN5O3/c1-14-13-27-24(33)21-10-15-4-5-16(11-20(15)30(14)21)22(31)28-17-6-7-18(19(25)12-17)23(32)26-8-9-29(2)3/h4-7,10-12,14H,8-9,13H2,1-3H3,(H,26,32)(H,27,33)(H,28,31). The van der Waals surface area contributed by atoms with Crippen LogP contribution in [0.5, 0.6) is 0 Å². The maximum atomic E-state index is 14.5. The topological polar surface area (TPSA) is 95.5 Å². The number of nitrogens with one attached hydrogen (secondary N) is 3. The van der Waals surface area contributed by atoms with Crippen LogP contribution in [-0.2, 0) is 0 Å². The molecule has 0 aliphatic carbocycles. The zero-order valence-electron chi connectivity index (χ0n) is 18.7. The molecule has 0 spiro atoms. The highest BCUT2D eigenvalue weighted by atomic mass is 19.1. The van der Waals surface area contributed by atoms with Gasteiger partial charge < -0.3 is 25.4 Å². The van der Waals surface area contributed by atoms with Gasteiger partial charge in [-0.1, -0.05) is 6.07 Å². The number of rotatable bonds is 6. The molecule has 0 saturated heterocycles. The summed E-state index contributed by atoms with van der Waals surface area (Å²) in [6, 6.07) is 11.0. The summed E-state index contributed by atoms with van der Waals surface area (Å²) in [5.74, 6) is -1.78. The molecular weight excluding hydrogens is 425 g/mol. The maximum absolute atomic E-state index is 14.5. The SMILES string of the molecule is CC1CNC(=O)c2cc3ccc(C(=O)Nc4ccc(C(=O)NCCN(C)C)c(F)c4)cc3n21. The first kappa shape index (κ1) is 22.5. The number of aromatic nitrogens is 1. The maximum Gasteiger partial charge on any atom is 0.268 e. The first-order valence-corrected chi connectivity index (χ1v) is 10.7. The van der Waals surface area contributed by atoms with Crippen LogP contribution in [-0.4, -0.2) is 60.9 Å². The normalized spacial score (nSPS) is 15.3. The van der Waals surface area contributed by atoms with Crippen LogP contribution in [0.25, 0.3) is 10.9 Å². The summed E-state index contributed by atoms with van der Waals surface area (Å²) in [5, 5.41) is 9.05. The molecule has 33 heavy (non-hydrogen) atoms. The van der Waals surface area contributed by atoms with Crippen molar-refractivity contribution in [3.05, 3.63) is 65.1 Å². The molecule has 2 heterocycles. The van der Waals surface area contributed by atoms with E-state index in [4.69, 9.17) is 0 Å². The molecule has 3 N–H and O–H groups in total. The number of fused-ring (bicyclic) bond motifs is 3. The second-order valence-corrected chi connectivity index (χ2v) is 8.44. The largest absolute Gasteiger partial charge is 0.351 e. The molecule has 0 radical (unpaired) electrons. The zero-order valence-corrected chi connectivity index (χ0v) is 18.7. The van der Waals surface area contributed by atoms with Crippen LogP contribution < -0.4 is 16.0 Å². The fourth-order valence-corrected chi connectivity index (χ4v) is 3.90. The molecule has 4 rings (SSSR count). The van der Waals surface area contributed by atoms with Crippen LogP contribution in [0.3, 0.4) is 0 Å². The van der Waals surface area contributed by atoms with Crippen molar-refractivity contribution in [2.45, 2.75) is 13.0 Å². The Kier molecular flexibility index (Phi) is 6.15. The number of carbonyl (C=O) groups excluding carboxylic acids is 3. The van der Waals surface area contributed by atoms with E-state index in [1.54, 1.807) is 24.3 Å². The van der Waals surface area contributed by atoms with Crippen LogP contribution in [0.2, 0.25) is 0 Å². The molecule has 3 aromatic rings. The molecule has 3 amide bonds. The Morgan fingerprint density at radius 1 is 1.15 bits per heavy atom. The van der Waals surface area contributed by atoms with Gasteiger partial charge in [-0.3, -0.25) is 14.4 Å². The minimum Gasteiger partial charge on any atom is -0.351 e. The summed E-state index contributed by atoms with van der Waals surface area (Å²) in [5.41, 5.74) is 1.89. The molecule has 8 nitrogen and oxygen atoms in total. The van der Waals surface area contributed by atoms with Crippen molar-refractivity contribution in [2.75, 3.05) is 39.0 Å². The Balaban J connectivity index is 1.51. The quantitative estimate of drug-likeness (QED) is 0.537. The molecule has 0 fully saturated rings. The minimum absolute atomic E-state index is 0.0547. The average molecular weight is 452 g/mol. The predicted molar refractivity (Wildman–Crippen MR) is 124 cm³/mol. The van der Waals surface area contributed by atoms with Crippen molar-refractivity contribution < 1.29 is 18.8 Å². The molecule has 0 saturated carbocycles. The van der Waals surface area contributed by atoms with Gasteiger partial charge in [0.05, 0.1) is 5.56 Å². The van der Waals surface area contributed by atoms with Crippen LogP contribution in [0.1, 0.15) is 44.2 Å². The van der Waals surface area contributed by atoms with Gasteiger partial charge in [0.25, 0.3) is 17.7 Å². The van der Waals surface area contributed by atoms with E-state index < -0.39 is 17.6 Å². The van der Waals surface area contributed by atoms with E-state index >= 15 is 0 Å². The summed E-state index contributed by atoms with van der Waals surface area (Å²) in [7, 11) is 3.76. The van der Waals surface area contributed by atoms with Gasteiger partial charge in [0, 0.05) is 47.8 Å². The number of nitrogens with zero attached hydrogens (tertiary/aromatic N) is 2. The Hall–Kier alpha value is -3.72. The van der Waals surface area contributed by atoms with E-state index in [1.165, 1.54) is 12.1 Å². The molecule has 1 aromatic heterocycles. The number of carbonyl (C=O) groups is 3. The Morgan fingerprint density at radius 3 is 2.67 bits per heavy atom. The second kappa shape index (κ2) is 9.03. The second-order valence-electron chi connectivity index (χ2n) is 8.44. The van der Waals surface area contributed by atoms with Gasteiger partial charge in [-0.2, -0.15) is 0 Å². The number of benzene rings is 2. The average Bonchev–Trinajstić information content (AvgIpc) is 3.16. The summed E-state index contributed by atoms with van der Waals surface area (Å²) in [6.07, 6.45) is 0. The van der Waals surface area contributed by atoms with E-state index in [0.717, 1.165) is 17.0 Å². The van der Waals surface area contributed by atoms with E-state index in [-0.39, 0.29) is 23.2 Å². The number of hydrogen-bond donors (Lipinski definition) is 3. The molecule has 172 valence electrons. The highest BCUT2D eigenvalue weighted by Crippen LogP contribution is 2.28. The Bertz CT molecular complexity index is 1250. The molecule has 9 heteroatoms. The third-order valence-electron chi connectivity index (χ3n) is 5.65. The fourth-order valence-electron chi connectivity index (χ4n) is 3.90. The van der Waals surface area contributed by atoms with Crippen LogP contribution in [0.15, 0.2) is 42.5 Å². The molecule has 1 aliphatic rings. The monoisotopic (exact) mass is 451 g/mol. The lowest BCUT2D eigenvalue weighted by molar-refractivity contribution is 0.0917. The molecule has 2 aromatic carbocycles. The summed E-state index contributed by atoms with van der Waals surface area (Å²) >= 11 is 0. The molecule has 1 unspecified atom stereocenters. The highest BCUT2D eigenvalue weighted by Gasteiger charge is 2.25. The number of likely N-dealkylation sites (N-methyl/N-ethyl adjacent to an activating group) is 1. The van der Waals surface area contributed by atoms with Gasteiger partial charge in [0.1, 0.15) is 11.5 Å². The van der Waals surface area contributed by atoms with E-state index in [9.17, 15) is 18.8 Å². The van der Waals surface area contributed by atoms with Crippen LogP contribution >= 0.6 is 0 Å². The van der Waals surface area contributed by atoms with Gasteiger partial charge in [-0.05, 0) is 57.4 Å². The number of hydrogen-bond acceptors (Lipinski definition) is 4. The third-order valence-corrected chi connectivity index (χ3v) is 5.65. The van der Waals surface area contributed by atoms with Crippen molar-refractivity contribution in [3.8, 4) is 0 Å². The van der Waals surface area contributed by atoms with Crippen molar-refractivity contribution in [2.24, 2.45) is 0 Å². The Labute approximate surface area is 190 Å². The first-order valence-electron chi connectivity index (χ1n) is 10.7. The van der Waals surface area contributed by atoms with Crippen molar-refractivity contribution >= 4 is 34.3 Å². The van der Waals surface area contributed by atoms with Gasteiger partial charge >= 0.3 is 0 Å². The van der Waals surface area contributed by atoms with Gasteiger partial charge in [-0.15, -0.1) is 0 Å². The van der Waals surface area contributed by atoms with E-state index in [0.29, 0.717) is 30.9 Å². The number of amides is 3. The zero-order chi connectivity index (χ0) is 23.7. The predicted octanol–water partition coefficient (Wildman–Crippen LogP) is 2.63. The third kappa shape index (κ3) is 4.58. The van der Waals surface area contributed by atoms with E-state index in [2.05, 4.69) is 16.0 Å². The van der Waals surface area contributed by atoms with Crippen molar-refractivity contribution in [1.29, 1.82) is 0 Å². The van der Waals surface area contributed by atoms with Crippen molar-refractivity contribution in [3.63, 3.8) is 0 Å². The fraction of sp³-hybridized carbons (Fsp3) is 0.292. The first-order chi connectivity index (χ1) is 15.7. The minimum atomic E-state index is -0.717. The molecule has 0 bridgehead atoms. The Morgan fingerprint density at radius 2 is 1.94 bits per heavy atom. The van der Waals surface area contributed by atoms with Crippen LogP contribution in [0, 0.1) is 5.82 Å². The lowest BCUT2D eigenvalue weighted by Crippen LogP contribution is -2.37. The number of anilines is 1. The smallest absolute Gasteiger partial charge is 0.268 e. The molecule has 1 aliphatic heterocycles. The summed E-state index contributed by atoms with van der Waals surface area (Å²) in [4.78, 5) is 39.1. The van der Waals surface area contributed by atoms with E-state index in [1.807, 2.05) is 30.5 Å².